The van der Waals surface area contributed by atoms with Gasteiger partial charge in [-0.2, -0.15) is 0 Å². The third-order valence-corrected chi connectivity index (χ3v) is 2.95. The summed E-state index contributed by atoms with van der Waals surface area (Å²) in [5.41, 5.74) is 0. The van der Waals surface area contributed by atoms with E-state index in [9.17, 15) is 0 Å². The highest BCUT2D eigenvalue weighted by molar-refractivity contribution is 4.68. The van der Waals surface area contributed by atoms with Crippen molar-refractivity contribution in [2.45, 2.75) is 32.7 Å². The number of methoxy groups -OCH3 is 2. The van der Waals surface area contributed by atoms with E-state index in [0.29, 0.717) is 6.04 Å². The average Bonchev–Trinajstić information content (AvgIpc) is 2.34. The van der Waals surface area contributed by atoms with E-state index in [2.05, 4.69) is 24.1 Å². The summed E-state index contributed by atoms with van der Waals surface area (Å²) in [5, 5.41) is 3.44. The van der Waals surface area contributed by atoms with E-state index in [-0.39, 0.29) is 0 Å². The Kier molecular flexibility index (Phi) is 12.2. The maximum Gasteiger partial charge on any atom is 0.0589 e. The van der Waals surface area contributed by atoms with Crippen LogP contribution in [0.1, 0.15) is 26.7 Å². The van der Waals surface area contributed by atoms with Gasteiger partial charge in [-0.05, 0) is 32.9 Å². The lowest BCUT2D eigenvalue weighted by atomic mass is 10.2. The van der Waals surface area contributed by atoms with Crippen LogP contribution in [0, 0.1) is 0 Å². The molecule has 0 amide bonds. The Bertz CT molecular complexity index is 148. The summed E-state index contributed by atoms with van der Waals surface area (Å²) in [5.74, 6) is 0. The number of ether oxygens (including phenoxy) is 2. The lowest BCUT2D eigenvalue weighted by Gasteiger charge is -2.28. The first-order chi connectivity index (χ1) is 8.26. The molecule has 0 heterocycles. The molecule has 0 aliphatic rings. The number of rotatable bonds is 12. The number of nitrogens with zero attached hydrogens (tertiary/aromatic N) is 1. The average molecular weight is 246 g/mol. The second kappa shape index (κ2) is 12.3. The van der Waals surface area contributed by atoms with Gasteiger partial charge >= 0.3 is 0 Å². The fourth-order valence-corrected chi connectivity index (χ4v) is 1.76. The van der Waals surface area contributed by atoms with Gasteiger partial charge in [0.15, 0.2) is 0 Å². The predicted molar refractivity (Wildman–Crippen MR) is 72.6 cm³/mol. The van der Waals surface area contributed by atoms with E-state index < -0.39 is 0 Å². The van der Waals surface area contributed by atoms with Crippen molar-refractivity contribution in [2.75, 3.05) is 53.6 Å². The van der Waals surface area contributed by atoms with Gasteiger partial charge < -0.3 is 14.8 Å². The van der Waals surface area contributed by atoms with Crippen LogP contribution in [0.5, 0.6) is 0 Å². The summed E-state index contributed by atoms with van der Waals surface area (Å²) in [4.78, 5) is 2.43. The first-order valence-corrected chi connectivity index (χ1v) is 6.68. The number of hydrogen-bond acceptors (Lipinski definition) is 4. The lowest BCUT2D eigenvalue weighted by molar-refractivity contribution is 0.0894. The summed E-state index contributed by atoms with van der Waals surface area (Å²) >= 11 is 0. The Morgan fingerprint density at radius 1 is 1.06 bits per heavy atom. The molecule has 4 nitrogen and oxygen atoms in total. The largest absolute Gasteiger partial charge is 0.383 e. The van der Waals surface area contributed by atoms with Crippen molar-refractivity contribution in [3.05, 3.63) is 0 Å². The zero-order chi connectivity index (χ0) is 12.9. The van der Waals surface area contributed by atoms with E-state index in [1.165, 1.54) is 12.8 Å². The molecule has 4 heteroatoms. The Morgan fingerprint density at radius 3 is 2.12 bits per heavy atom. The van der Waals surface area contributed by atoms with Crippen molar-refractivity contribution >= 4 is 0 Å². The minimum absolute atomic E-state index is 0.574. The quantitative estimate of drug-likeness (QED) is 0.527. The van der Waals surface area contributed by atoms with Gasteiger partial charge in [0.05, 0.1) is 13.2 Å². The van der Waals surface area contributed by atoms with Gasteiger partial charge in [0.1, 0.15) is 0 Å². The van der Waals surface area contributed by atoms with Crippen molar-refractivity contribution in [3.8, 4) is 0 Å². The third-order valence-electron chi connectivity index (χ3n) is 2.95. The standard InChI is InChI=1S/C13H30N2O2/c1-5-7-14-8-6-13(2)15(9-11-16-3)10-12-17-4/h13-14H,5-12H2,1-4H3. The monoisotopic (exact) mass is 246 g/mol. The topological polar surface area (TPSA) is 33.7 Å². The summed E-state index contributed by atoms with van der Waals surface area (Å²) in [6, 6.07) is 0.574. The molecule has 0 saturated carbocycles. The molecule has 17 heavy (non-hydrogen) atoms. The second-order valence-electron chi connectivity index (χ2n) is 4.41. The van der Waals surface area contributed by atoms with Crippen molar-refractivity contribution in [1.82, 2.24) is 10.2 Å². The Labute approximate surface area is 107 Å². The Balaban J connectivity index is 3.80. The van der Waals surface area contributed by atoms with Crippen LogP contribution in [0.3, 0.4) is 0 Å². The summed E-state index contributed by atoms with van der Waals surface area (Å²) in [6.07, 6.45) is 2.37. The zero-order valence-electron chi connectivity index (χ0n) is 12.0. The van der Waals surface area contributed by atoms with Crippen molar-refractivity contribution < 1.29 is 9.47 Å². The van der Waals surface area contributed by atoms with Crippen LogP contribution in [-0.2, 0) is 9.47 Å². The van der Waals surface area contributed by atoms with Crippen LogP contribution in [0.2, 0.25) is 0 Å². The van der Waals surface area contributed by atoms with Gasteiger partial charge in [0.2, 0.25) is 0 Å². The molecule has 0 rings (SSSR count). The van der Waals surface area contributed by atoms with E-state index in [0.717, 1.165) is 39.4 Å². The molecule has 1 atom stereocenters. The Morgan fingerprint density at radius 2 is 1.65 bits per heavy atom. The van der Waals surface area contributed by atoms with Crippen molar-refractivity contribution in [2.24, 2.45) is 0 Å². The molecular weight excluding hydrogens is 216 g/mol. The molecular formula is C13H30N2O2. The first-order valence-electron chi connectivity index (χ1n) is 6.68. The third kappa shape index (κ3) is 9.53. The fourth-order valence-electron chi connectivity index (χ4n) is 1.76. The SMILES string of the molecule is CCCNCCC(C)N(CCOC)CCOC. The highest BCUT2D eigenvalue weighted by Crippen LogP contribution is 2.03. The highest BCUT2D eigenvalue weighted by atomic mass is 16.5. The summed E-state index contributed by atoms with van der Waals surface area (Å²) < 4.78 is 10.3. The van der Waals surface area contributed by atoms with E-state index in [1.54, 1.807) is 14.2 Å². The number of nitrogens with one attached hydrogen (secondary N) is 1. The Hall–Kier alpha value is -0.160. The van der Waals surface area contributed by atoms with Gasteiger partial charge in [-0.3, -0.25) is 4.90 Å². The van der Waals surface area contributed by atoms with Gasteiger partial charge in [-0.25, -0.2) is 0 Å². The van der Waals surface area contributed by atoms with Crippen molar-refractivity contribution in [3.63, 3.8) is 0 Å². The van der Waals surface area contributed by atoms with Gasteiger partial charge in [0.25, 0.3) is 0 Å². The molecule has 0 aromatic heterocycles. The van der Waals surface area contributed by atoms with Gasteiger partial charge in [-0.1, -0.05) is 6.92 Å². The minimum atomic E-state index is 0.574. The molecule has 0 spiro atoms. The predicted octanol–water partition coefficient (Wildman–Crippen LogP) is 1.36. The molecule has 1 N–H and O–H groups in total. The molecule has 0 aliphatic carbocycles. The van der Waals surface area contributed by atoms with E-state index >= 15 is 0 Å². The first kappa shape index (κ1) is 16.8. The minimum Gasteiger partial charge on any atom is -0.383 e. The van der Waals surface area contributed by atoms with Crippen LogP contribution in [0.25, 0.3) is 0 Å². The van der Waals surface area contributed by atoms with Crippen LogP contribution >= 0.6 is 0 Å². The summed E-state index contributed by atoms with van der Waals surface area (Å²) in [7, 11) is 3.50. The molecule has 0 bridgehead atoms. The molecule has 0 fully saturated rings. The molecule has 0 saturated heterocycles. The van der Waals surface area contributed by atoms with Gasteiger partial charge in [-0.15, -0.1) is 0 Å². The molecule has 0 radical (unpaired) electrons. The molecule has 0 aliphatic heterocycles. The normalized spacial score (nSPS) is 13.2. The maximum atomic E-state index is 5.15. The lowest BCUT2D eigenvalue weighted by Crippen LogP contribution is -2.39. The second-order valence-corrected chi connectivity index (χ2v) is 4.41. The number of hydrogen-bond donors (Lipinski definition) is 1. The van der Waals surface area contributed by atoms with Crippen LogP contribution in [0.4, 0.5) is 0 Å². The summed E-state index contributed by atoms with van der Waals surface area (Å²) in [6.45, 7) is 10.2. The molecule has 1 unspecified atom stereocenters. The molecule has 104 valence electrons. The molecule has 0 aromatic rings. The van der Waals surface area contributed by atoms with E-state index in [4.69, 9.17) is 9.47 Å². The highest BCUT2D eigenvalue weighted by Gasteiger charge is 2.12. The zero-order valence-corrected chi connectivity index (χ0v) is 12.0. The van der Waals surface area contributed by atoms with E-state index in [1.807, 2.05) is 0 Å². The smallest absolute Gasteiger partial charge is 0.0589 e. The maximum absolute atomic E-state index is 5.15. The van der Waals surface area contributed by atoms with Crippen molar-refractivity contribution in [1.29, 1.82) is 0 Å². The van der Waals surface area contributed by atoms with Crippen LogP contribution < -0.4 is 5.32 Å². The van der Waals surface area contributed by atoms with Gasteiger partial charge in [0, 0.05) is 33.4 Å². The fraction of sp³-hybridized carbons (Fsp3) is 1.00. The molecule has 0 aromatic carbocycles. The van der Waals surface area contributed by atoms with Crippen LogP contribution in [-0.4, -0.2) is 64.6 Å². The van der Waals surface area contributed by atoms with Crippen LogP contribution in [0.15, 0.2) is 0 Å².